The quantitative estimate of drug-likeness (QED) is 0.641. The zero-order valence-electron chi connectivity index (χ0n) is 11.5. The number of carboxylic acids is 1. The van der Waals surface area contributed by atoms with Gasteiger partial charge in [-0.1, -0.05) is 0 Å². The minimum Gasteiger partial charge on any atom is -0.481 e. The van der Waals surface area contributed by atoms with Crippen LogP contribution in [0.5, 0.6) is 0 Å². The number of aliphatic hydroxyl groups is 1. The summed E-state index contributed by atoms with van der Waals surface area (Å²) in [5.74, 6) is -0.844. The molecule has 0 aromatic carbocycles. The molecule has 0 spiro atoms. The molecule has 1 aliphatic heterocycles. The number of β-amino-alcohol motifs (C(OH)–C–C–N with tert-alkyl or cyclic N) is 1. The Kier molecular flexibility index (Phi) is 4.69. The molecule has 1 aromatic heterocycles. The van der Waals surface area contributed by atoms with E-state index in [-0.39, 0.29) is 25.3 Å². The van der Waals surface area contributed by atoms with Crippen LogP contribution in [0.1, 0.15) is 19.3 Å². The maximum atomic E-state index is 11.5. The third kappa shape index (κ3) is 4.38. The molecule has 1 unspecified atom stereocenters. The molecule has 0 saturated carbocycles. The molecule has 0 radical (unpaired) electrons. The number of aliphatic carboxylic acids is 1. The lowest BCUT2D eigenvalue weighted by molar-refractivity contribution is -0.138. The van der Waals surface area contributed by atoms with Crippen molar-refractivity contribution in [3.63, 3.8) is 0 Å². The Hall–Kier alpha value is -2.22. The van der Waals surface area contributed by atoms with Crippen LogP contribution >= 0.6 is 0 Å². The van der Waals surface area contributed by atoms with Crippen molar-refractivity contribution in [1.29, 1.82) is 0 Å². The molecule has 1 fully saturated rings. The number of nitrogens with one attached hydrogen (secondary N) is 1. The molecular weight excluding hydrogens is 276 g/mol. The Balaban J connectivity index is 1.81. The Morgan fingerprint density at radius 1 is 1.33 bits per heavy atom. The summed E-state index contributed by atoms with van der Waals surface area (Å²) >= 11 is 0. The topological polar surface area (TPSA) is 116 Å². The van der Waals surface area contributed by atoms with Gasteiger partial charge in [-0.25, -0.2) is 9.97 Å². The lowest BCUT2D eigenvalue weighted by atomic mass is 10.0. The number of carboxylic acid groups (broad SMARTS) is 1. The van der Waals surface area contributed by atoms with Crippen LogP contribution in [-0.4, -0.2) is 57.3 Å². The van der Waals surface area contributed by atoms with Crippen LogP contribution in [-0.2, 0) is 9.59 Å². The highest BCUT2D eigenvalue weighted by molar-refractivity contribution is 5.80. The molecule has 0 bridgehead atoms. The molecule has 0 aliphatic carbocycles. The molecular formula is C13H18N4O4. The zero-order valence-corrected chi connectivity index (χ0v) is 11.5. The fraction of sp³-hybridized carbons (Fsp3) is 0.538. The van der Waals surface area contributed by atoms with Gasteiger partial charge in [0.2, 0.25) is 11.9 Å². The maximum absolute atomic E-state index is 11.5. The highest BCUT2D eigenvalue weighted by Gasteiger charge is 2.37. The van der Waals surface area contributed by atoms with E-state index in [1.807, 2.05) is 4.90 Å². The predicted octanol–water partition coefficient (Wildman–Crippen LogP) is -0.601. The maximum Gasteiger partial charge on any atom is 0.303 e. The van der Waals surface area contributed by atoms with Crippen LogP contribution in [0.2, 0.25) is 0 Å². The van der Waals surface area contributed by atoms with Gasteiger partial charge in [0.15, 0.2) is 0 Å². The largest absolute Gasteiger partial charge is 0.481 e. The molecule has 1 aromatic rings. The van der Waals surface area contributed by atoms with E-state index in [1.54, 1.807) is 18.5 Å². The molecule has 8 nitrogen and oxygen atoms in total. The number of nitrogens with zero attached hydrogens (tertiary/aromatic N) is 3. The second-order valence-electron chi connectivity index (χ2n) is 5.12. The number of anilines is 1. The van der Waals surface area contributed by atoms with E-state index in [4.69, 9.17) is 5.11 Å². The van der Waals surface area contributed by atoms with E-state index >= 15 is 0 Å². The summed E-state index contributed by atoms with van der Waals surface area (Å²) in [6, 6.07) is 1.72. The van der Waals surface area contributed by atoms with Crippen LogP contribution in [0, 0.1) is 0 Å². The van der Waals surface area contributed by atoms with Crippen molar-refractivity contribution < 1.29 is 19.8 Å². The number of amides is 1. The molecule has 8 heteroatoms. The second kappa shape index (κ2) is 6.49. The van der Waals surface area contributed by atoms with E-state index in [0.29, 0.717) is 25.5 Å². The van der Waals surface area contributed by atoms with Crippen LogP contribution in [0.3, 0.4) is 0 Å². The van der Waals surface area contributed by atoms with Gasteiger partial charge in [-0.05, 0) is 12.5 Å². The third-order valence-electron chi connectivity index (χ3n) is 3.35. The monoisotopic (exact) mass is 294 g/mol. The van der Waals surface area contributed by atoms with Crippen LogP contribution in [0.25, 0.3) is 0 Å². The van der Waals surface area contributed by atoms with E-state index in [0.717, 1.165) is 0 Å². The molecule has 3 N–H and O–H groups in total. The third-order valence-corrected chi connectivity index (χ3v) is 3.35. The summed E-state index contributed by atoms with van der Waals surface area (Å²) in [5.41, 5.74) is -1.04. The summed E-state index contributed by atoms with van der Waals surface area (Å²) in [6.45, 7) is 1.02. The summed E-state index contributed by atoms with van der Waals surface area (Å²) in [4.78, 5) is 31.9. The van der Waals surface area contributed by atoms with E-state index in [1.165, 1.54) is 0 Å². The minimum absolute atomic E-state index is 0.0864. The van der Waals surface area contributed by atoms with Crippen LogP contribution in [0.4, 0.5) is 5.95 Å². The Morgan fingerprint density at radius 2 is 2.05 bits per heavy atom. The molecule has 21 heavy (non-hydrogen) atoms. The van der Waals surface area contributed by atoms with Crippen molar-refractivity contribution >= 4 is 17.8 Å². The zero-order chi connectivity index (χ0) is 15.3. The Labute approximate surface area is 121 Å². The van der Waals surface area contributed by atoms with E-state index in [2.05, 4.69) is 15.3 Å². The van der Waals surface area contributed by atoms with Crippen molar-refractivity contribution in [3.8, 4) is 0 Å². The molecule has 2 rings (SSSR count). The summed E-state index contributed by atoms with van der Waals surface area (Å²) in [5, 5.41) is 21.5. The smallest absolute Gasteiger partial charge is 0.303 e. The summed E-state index contributed by atoms with van der Waals surface area (Å²) in [7, 11) is 0. The fourth-order valence-corrected chi connectivity index (χ4v) is 2.20. The van der Waals surface area contributed by atoms with E-state index < -0.39 is 11.6 Å². The highest BCUT2D eigenvalue weighted by atomic mass is 16.4. The lowest BCUT2D eigenvalue weighted by Crippen LogP contribution is -2.45. The van der Waals surface area contributed by atoms with Gasteiger partial charge in [-0.15, -0.1) is 0 Å². The van der Waals surface area contributed by atoms with E-state index in [9.17, 15) is 14.7 Å². The fourth-order valence-electron chi connectivity index (χ4n) is 2.20. The highest BCUT2D eigenvalue weighted by Crippen LogP contribution is 2.23. The predicted molar refractivity (Wildman–Crippen MR) is 73.7 cm³/mol. The minimum atomic E-state index is -1.04. The first kappa shape index (κ1) is 15.2. The van der Waals surface area contributed by atoms with Crippen molar-refractivity contribution in [2.75, 3.05) is 24.5 Å². The van der Waals surface area contributed by atoms with Gasteiger partial charge in [0.1, 0.15) is 5.60 Å². The number of rotatable bonds is 6. The van der Waals surface area contributed by atoms with Crippen molar-refractivity contribution in [2.24, 2.45) is 0 Å². The first-order valence-corrected chi connectivity index (χ1v) is 6.71. The molecule has 2 heterocycles. The Morgan fingerprint density at radius 3 is 2.71 bits per heavy atom. The van der Waals surface area contributed by atoms with Gasteiger partial charge in [-0.3, -0.25) is 9.59 Å². The first-order valence-electron chi connectivity index (χ1n) is 6.71. The number of hydrogen-bond donors (Lipinski definition) is 3. The van der Waals surface area contributed by atoms with Gasteiger partial charge in [0.25, 0.3) is 0 Å². The Bertz CT molecular complexity index is 510. The first-order chi connectivity index (χ1) is 9.98. The molecule has 1 amide bonds. The van der Waals surface area contributed by atoms with Crippen LogP contribution < -0.4 is 10.2 Å². The molecule has 1 saturated heterocycles. The van der Waals surface area contributed by atoms with Crippen LogP contribution in [0.15, 0.2) is 18.5 Å². The van der Waals surface area contributed by atoms with Crippen molar-refractivity contribution in [1.82, 2.24) is 15.3 Å². The number of carbonyl (C=O) groups is 2. The summed E-state index contributed by atoms with van der Waals surface area (Å²) < 4.78 is 0. The van der Waals surface area contributed by atoms with Gasteiger partial charge >= 0.3 is 5.97 Å². The van der Waals surface area contributed by atoms with Gasteiger partial charge in [-0.2, -0.15) is 0 Å². The number of hydrogen-bond acceptors (Lipinski definition) is 6. The average molecular weight is 294 g/mol. The normalized spacial score (nSPS) is 21.3. The summed E-state index contributed by atoms with van der Waals surface area (Å²) in [6.07, 6.45) is 3.45. The standard InChI is InChI=1S/C13H18N4O4/c18-10(2-3-11(19)20)16-8-13(21)4-7-17(9-13)12-14-5-1-6-15-12/h1,5-6,21H,2-4,7-9H2,(H,16,18)(H,19,20). The number of carbonyl (C=O) groups excluding carboxylic acids is 1. The SMILES string of the molecule is O=C(O)CCC(=O)NCC1(O)CCN(c2ncccn2)C1. The van der Waals surface area contributed by atoms with Crippen molar-refractivity contribution in [2.45, 2.75) is 24.9 Å². The van der Waals surface area contributed by atoms with Gasteiger partial charge in [0.05, 0.1) is 13.0 Å². The second-order valence-corrected chi connectivity index (χ2v) is 5.12. The lowest BCUT2D eigenvalue weighted by Gasteiger charge is -2.23. The number of aromatic nitrogens is 2. The molecule has 1 atom stereocenters. The average Bonchev–Trinajstić information content (AvgIpc) is 2.87. The molecule has 1 aliphatic rings. The van der Waals surface area contributed by atoms with Gasteiger partial charge < -0.3 is 20.4 Å². The van der Waals surface area contributed by atoms with Crippen molar-refractivity contribution in [3.05, 3.63) is 18.5 Å². The van der Waals surface area contributed by atoms with Gasteiger partial charge in [0, 0.05) is 31.9 Å². The molecule has 114 valence electrons.